The van der Waals surface area contributed by atoms with Gasteiger partial charge in [-0.15, -0.1) is 0 Å². The molecule has 1 rings (SSSR count). The van der Waals surface area contributed by atoms with Gasteiger partial charge in [0, 0.05) is 18.1 Å². The Morgan fingerprint density at radius 3 is 2.35 bits per heavy atom. The molecule has 1 saturated heterocycles. The van der Waals surface area contributed by atoms with Crippen LogP contribution >= 0.6 is 0 Å². The fraction of sp³-hybridized carbons (Fsp3) is 1.00. The highest BCUT2D eigenvalue weighted by Gasteiger charge is 2.31. The van der Waals surface area contributed by atoms with Crippen molar-refractivity contribution < 1.29 is 0 Å². The number of nitrogens with zero attached hydrogens (tertiary/aromatic N) is 1. The van der Waals surface area contributed by atoms with Gasteiger partial charge in [-0.3, -0.25) is 4.90 Å². The normalized spacial score (nSPS) is 23.6. The van der Waals surface area contributed by atoms with Crippen molar-refractivity contribution in [1.82, 2.24) is 10.2 Å². The molecule has 0 aliphatic carbocycles. The van der Waals surface area contributed by atoms with Gasteiger partial charge < -0.3 is 5.32 Å². The third kappa shape index (κ3) is 4.26. The van der Waals surface area contributed by atoms with Crippen LogP contribution in [0.5, 0.6) is 0 Å². The molecule has 0 amide bonds. The van der Waals surface area contributed by atoms with Crippen LogP contribution in [0.15, 0.2) is 0 Å². The standard InChI is InChI=1S/C15H32N2/c1-6-15(7-2)12-17(10-8-9-16-15)14(5)11-13(3)4/h13-14,16H,6-12H2,1-5H3. The van der Waals surface area contributed by atoms with Crippen molar-refractivity contribution in [2.75, 3.05) is 19.6 Å². The Bertz CT molecular complexity index is 209. The number of nitrogens with one attached hydrogen (secondary N) is 1. The molecule has 2 nitrogen and oxygen atoms in total. The van der Waals surface area contributed by atoms with Crippen LogP contribution < -0.4 is 5.32 Å². The predicted molar refractivity (Wildman–Crippen MR) is 76.4 cm³/mol. The summed E-state index contributed by atoms with van der Waals surface area (Å²) in [6, 6.07) is 0.729. The van der Waals surface area contributed by atoms with Gasteiger partial charge in [0.05, 0.1) is 0 Å². The second-order valence-electron chi connectivity index (χ2n) is 6.22. The van der Waals surface area contributed by atoms with Crippen molar-refractivity contribution >= 4 is 0 Å². The topological polar surface area (TPSA) is 15.3 Å². The summed E-state index contributed by atoms with van der Waals surface area (Å²) in [4.78, 5) is 2.72. The third-order valence-corrected chi connectivity index (χ3v) is 4.42. The first-order valence-corrected chi connectivity index (χ1v) is 7.52. The summed E-state index contributed by atoms with van der Waals surface area (Å²) >= 11 is 0. The summed E-state index contributed by atoms with van der Waals surface area (Å²) in [6.45, 7) is 15.4. The Balaban J connectivity index is 2.65. The smallest absolute Gasteiger partial charge is 0.0303 e. The average molecular weight is 240 g/mol. The Morgan fingerprint density at radius 1 is 1.18 bits per heavy atom. The van der Waals surface area contributed by atoms with Crippen molar-refractivity contribution in [3.05, 3.63) is 0 Å². The average Bonchev–Trinajstić information content (AvgIpc) is 2.51. The molecular weight excluding hydrogens is 208 g/mol. The second-order valence-corrected chi connectivity index (χ2v) is 6.22. The Hall–Kier alpha value is -0.0800. The summed E-state index contributed by atoms with van der Waals surface area (Å²) in [5.74, 6) is 0.805. The highest BCUT2D eigenvalue weighted by Crippen LogP contribution is 2.22. The molecule has 1 aliphatic heterocycles. The maximum absolute atomic E-state index is 3.79. The van der Waals surface area contributed by atoms with Crippen molar-refractivity contribution in [2.45, 2.75) is 71.9 Å². The van der Waals surface area contributed by atoms with Crippen LogP contribution in [0.2, 0.25) is 0 Å². The van der Waals surface area contributed by atoms with Crippen LogP contribution in [0.4, 0.5) is 0 Å². The molecule has 0 spiro atoms. The summed E-state index contributed by atoms with van der Waals surface area (Å²) in [7, 11) is 0. The van der Waals surface area contributed by atoms with Crippen LogP contribution in [0, 0.1) is 5.92 Å². The lowest BCUT2D eigenvalue weighted by Gasteiger charge is -2.38. The monoisotopic (exact) mass is 240 g/mol. The molecule has 0 aromatic rings. The van der Waals surface area contributed by atoms with Crippen LogP contribution in [0.3, 0.4) is 0 Å². The van der Waals surface area contributed by atoms with E-state index in [2.05, 4.69) is 44.8 Å². The number of hydrogen-bond acceptors (Lipinski definition) is 2. The van der Waals surface area contributed by atoms with Gasteiger partial charge in [-0.05, 0) is 51.6 Å². The number of hydrogen-bond donors (Lipinski definition) is 1. The van der Waals surface area contributed by atoms with Gasteiger partial charge in [0.15, 0.2) is 0 Å². The van der Waals surface area contributed by atoms with E-state index in [4.69, 9.17) is 0 Å². The molecule has 1 unspecified atom stereocenters. The molecule has 0 aromatic carbocycles. The summed E-state index contributed by atoms with van der Waals surface area (Å²) in [5, 5.41) is 3.79. The SMILES string of the molecule is CCC1(CC)CN(C(C)CC(C)C)CCCN1. The van der Waals surface area contributed by atoms with E-state index in [0.717, 1.165) is 12.0 Å². The Kier molecular flexibility index (Phi) is 5.94. The van der Waals surface area contributed by atoms with Gasteiger partial charge in [-0.25, -0.2) is 0 Å². The van der Waals surface area contributed by atoms with E-state index in [-0.39, 0.29) is 0 Å². The van der Waals surface area contributed by atoms with Gasteiger partial charge in [-0.2, -0.15) is 0 Å². The lowest BCUT2D eigenvalue weighted by atomic mass is 9.91. The van der Waals surface area contributed by atoms with E-state index in [9.17, 15) is 0 Å². The van der Waals surface area contributed by atoms with Gasteiger partial charge >= 0.3 is 0 Å². The first-order valence-electron chi connectivity index (χ1n) is 7.52. The minimum Gasteiger partial charge on any atom is -0.310 e. The van der Waals surface area contributed by atoms with Crippen LogP contribution in [0.1, 0.15) is 60.3 Å². The summed E-state index contributed by atoms with van der Waals surface area (Å²) < 4.78 is 0. The molecule has 1 N–H and O–H groups in total. The minimum absolute atomic E-state index is 0.363. The maximum atomic E-state index is 3.79. The first-order chi connectivity index (χ1) is 8.03. The van der Waals surface area contributed by atoms with E-state index < -0.39 is 0 Å². The lowest BCUT2D eigenvalue weighted by molar-refractivity contribution is 0.142. The van der Waals surface area contributed by atoms with Gasteiger partial charge in [0.25, 0.3) is 0 Å². The van der Waals surface area contributed by atoms with E-state index >= 15 is 0 Å². The second kappa shape index (κ2) is 6.75. The van der Waals surface area contributed by atoms with Gasteiger partial charge in [0.2, 0.25) is 0 Å². The first kappa shape index (κ1) is 15.0. The minimum atomic E-state index is 0.363. The fourth-order valence-electron chi connectivity index (χ4n) is 3.09. The number of rotatable bonds is 5. The largest absolute Gasteiger partial charge is 0.310 e. The van der Waals surface area contributed by atoms with Crippen molar-refractivity contribution in [3.8, 4) is 0 Å². The van der Waals surface area contributed by atoms with Crippen LogP contribution in [0.25, 0.3) is 0 Å². The molecule has 17 heavy (non-hydrogen) atoms. The quantitative estimate of drug-likeness (QED) is 0.793. The zero-order chi connectivity index (χ0) is 12.9. The molecule has 2 heteroatoms. The van der Waals surface area contributed by atoms with E-state index in [1.54, 1.807) is 0 Å². The highest BCUT2D eigenvalue weighted by atomic mass is 15.2. The van der Waals surface area contributed by atoms with Crippen molar-refractivity contribution in [2.24, 2.45) is 5.92 Å². The summed E-state index contributed by atoms with van der Waals surface area (Å²) in [5.41, 5.74) is 0.363. The van der Waals surface area contributed by atoms with Crippen molar-refractivity contribution in [1.29, 1.82) is 0 Å². The van der Waals surface area contributed by atoms with Gasteiger partial charge in [0.1, 0.15) is 0 Å². The lowest BCUT2D eigenvalue weighted by Crippen LogP contribution is -2.52. The highest BCUT2D eigenvalue weighted by molar-refractivity contribution is 4.92. The summed E-state index contributed by atoms with van der Waals surface area (Å²) in [6.07, 6.45) is 5.11. The molecule has 1 fully saturated rings. The van der Waals surface area contributed by atoms with Gasteiger partial charge in [-0.1, -0.05) is 27.7 Å². The van der Waals surface area contributed by atoms with Crippen LogP contribution in [-0.4, -0.2) is 36.1 Å². The molecule has 102 valence electrons. The molecule has 1 atom stereocenters. The van der Waals surface area contributed by atoms with Crippen LogP contribution in [-0.2, 0) is 0 Å². The molecule has 1 heterocycles. The van der Waals surface area contributed by atoms with Crippen molar-refractivity contribution in [3.63, 3.8) is 0 Å². The molecule has 0 radical (unpaired) electrons. The fourth-order valence-corrected chi connectivity index (χ4v) is 3.09. The zero-order valence-electron chi connectivity index (χ0n) is 12.6. The molecule has 1 aliphatic rings. The van der Waals surface area contributed by atoms with E-state index in [0.29, 0.717) is 5.54 Å². The Labute approximate surface area is 108 Å². The molecular formula is C15H32N2. The zero-order valence-corrected chi connectivity index (χ0v) is 12.6. The third-order valence-electron chi connectivity index (χ3n) is 4.42. The molecule has 0 bridgehead atoms. The van der Waals surface area contributed by atoms with E-state index in [1.165, 1.54) is 45.3 Å². The molecule has 0 saturated carbocycles. The van der Waals surface area contributed by atoms with E-state index in [1.807, 2.05) is 0 Å². The molecule has 0 aromatic heterocycles. The maximum Gasteiger partial charge on any atom is 0.0303 e. The predicted octanol–water partition coefficient (Wildman–Crippen LogP) is 3.28. The Morgan fingerprint density at radius 2 is 1.82 bits per heavy atom.